The highest BCUT2D eigenvalue weighted by Crippen LogP contribution is 2.57. The zero-order valence-corrected chi connectivity index (χ0v) is 17.6. The third kappa shape index (κ3) is 2.84. The first kappa shape index (κ1) is 19.4. The molecule has 3 aromatic carbocycles. The van der Waals surface area contributed by atoms with E-state index >= 15 is 0 Å². The van der Waals surface area contributed by atoms with Crippen molar-refractivity contribution in [1.82, 2.24) is 0 Å². The van der Waals surface area contributed by atoms with E-state index in [9.17, 15) is 15.0 Å². The molecule has 0 aliphatic carbocycles. The van der Waals surface area contributed by atoms with Crippen molar-refractivity contribution < 1.29 is 24.5 Å². The van der Waals surface area contributed by atoms with Crippen molar-refractivity contribution in [3.05, 3.63) is 76.9 Å². The maximum Gasteiger partial charge on any atom is 0.340 e. The Morgan fingerprint density at radius 3 is 2.10 bits per heavy atom. The number of ether oxygens (including phenoxy) is 2. The Bertz CT molecular complexity index is 1220. The summed E-state index contributed by atoms with van der Waals surface area (Å²) in [5.74, 6) is 0.418. The van der Waals surface area contributed by atoms with E-state index in [1.54, 1.807) is 18.2 Å². The zero-order chi connectivity index (χ0) is 21.9. The molecule has 0 radical (unpaired) electrons. The summed E-state index contributed by atoms with van der Waals surface area (Å²) in [6.07, 6.45) is 0. The van der Waals surface area contributed by atoms with Crippen molar-refractivity contribution in [3.8, 4) is 23.0 Å². The fourth-order valence-corrected chi connectivity index (χ4v) is 4.19. The summed E-state index contributed by atoms with van der Waals surface area (Å²) in [7, 11) is 0. The van der Waals surface area contributed by atoms with Crippen LogP contribution in [0.3, 0.4) is 0 Å². The van der Waals surface area contributed by atoms with Crippen LogP contribution in [0.4, 0.5) is 5.69 Å². The monoisotopic (exact) mass is 433 g/mol. The van der Waals surface area contributed by atoms with E-state index in [2.05, 4.69) is 5.32 Å². The molecule has 3 aromatic rings. The molecule has 0 saturated carbocycles. The summed E-state index contributed by atoms with van der Waals surface area (Å²) >= 11 is 5.37. The molecule has 156 valence electrons. The molecule has 0 fully saturated rings. The van der Waals surface area contributed by atoms with Crippen molar-refractivity contribution in [2.24, 2.45) is 5.92 Å². The van der Waals surface area contributed by atoms with Gasteiger partial charge in [0.25, 0.3) is 0 Å². The first-order valence-electron chi connectivity index (χ1n) is 9.83. The number of benzene rings is 3. The van der Waals surface area contributed by atoms with Crippen LogP contribution in [0.5, 0.6) is 23.0 Å². The van der Waals surface area contributed by atoms with E-state index in [0.717, 1.165) is 0 Å². The number of phenolic OH excluding ortho intramolecular Hbond substituents is 2. The molecule has 0 atom stereocenters. The largest absolute Gasteiger partial charge is 0.508 e. The van der Waals surface area contributed by atoms with Crippen LogP contribution in [0.2, 0.25) is 0 Å². The smallest absolute Gasteiger partial charge is 0.340 e. The first-order valence-corrected chi connectivity index (χ1v) is 10.2. The number of thiocarbonyl (C=S) groups is 1. The van der Waals surface area contributed by atoms with Crippen LogP contribution < -0.4 is 10.1 Å². The second-order valence-corrected chi connectivity index (χ2v) is 8.38. The molecule has 7 heteroatoms. The molecule has 6 nitrogen and oxygen atoms in total. The molecule has 31 heavy (non-hydrogen) atoms. The lowest BCUT2D eigenvalue weighted by Gasteiger charge is -2.36. The van der Waals surface area contributed by atoms with Gasteiger partial charge in [-0.15, -0.1) is 0 Å². The quantitative estimate of drug-likeness (QED) is 0.384. The Morgan fingerprint density at radius 2 is 1.52 bits per heavy atom. The number of hydrogen-bond donors (Lipinski definition) is 3. The van der Waals surface area contributed by atoms with Gasteiger partial charge in [-0.1, -0.05) is 32.1 Å². The number of rotatable bonds is 2. The minimum atomic E-state index is -1.26. The number of anilines is 1. The standard InChI is InChI=1S/C24H19NO5S/c1-12(2)22(31)25-13-3-6-17-16(9-13)23(28)30-24(17)18-7-4-14(26)10-20(18)29-21-11-15(27)5-8-19(21)24/h3-12,26-27H,1-2H3,(H,25,31). The van der Waals surface area contributed by atoms with Gasteiger partial charge in [0, 0.05) is 40.4 Å². The summed E-state index contributed by atoms with van der Waals surface area (Å²) in [4.78, 5) is 13.7. The van der Waals surface area contributed by atoms with Gasteiger partial charge < -0.3 is 25.0 Å². The van der Waals surface area contributed by atoms with Gasteiger partial charge in [0.15, 0.2) is 5.60 Å². The van der Waals surface area contributed by atoms with Crippen molar-refractivity contribution >= 4 is 28.9 Å². The van der Waals surface area contributed by atoms with Gasteiger partial charge in [-0.2, -0.15) is 0 Å². The molecule has 2 heterocycles. The fourth-order valence-electron chi connectivity index (χ4n) is 4.07. The van der Waals surface area contributed by atoms with Crippen LogP contribution in [0, 0.1) is 5.92 Å². The number of aromatic hydroxyl groups is 2. The Balaban J connectivity index is 1.73. The van der Waals surface area contributed by atoms with Gasteiger partial charge >= 0.3 is 5.97 Å². The van der Waals surface area contributed by atoms with E-state index < -0.39 is 11.6 Å². The Morgan fingerprint density at radius 1 is 0.935 bits per heavy atom. The maximum absolute atomic E-state index is 13.0. The van der Waals surface area contributed by atoms with Crippen molar-refractivity contribution in [2.45, 2.75) is 19.4 Å². The first-order chi connectivity index (χ1) is 14.8. The van der Waals surface area contributed by atoms with Gasteiger partial charge in [0.2, 0.25) is 0 Å². The molecular formula is C24H19NO5S. The van der Waals surface area contributed by atoms with Crippen molar-refractivity contribution in [2.75, 3.05) is 5.32 Å². The summed E-state index contributed by atoms with van der Waals surface area (Å²) in [5, 5.41) is 23.1. The van der Waals surface area contributed by atoms with Crippen LogP contribution in [0.15, 0.2) is 54.6 Å². The maximum atomic E-state index is 13.0. The van der Waals surface area contributed by atoms with Crippen molar-refractivity contribution in [1.29, 1.82) is 0 Å². The summed E-state index contributed by atoms with van der Waals surface area (Å²) in [6.45, 7) is 3.99. The molecule has 5 rings (SSSR count). The van der Waals surface area contributed by atoms with E-state index in [1.165, 1.54) is 24.3 Å². The minimum Gasteiger partial charge on any atom is -0.508 e. The lowest BCUT2D eigenvalue weighted by atomic mass is 9.77. The molecule has 2 aliphatic rings. The lowest BCUT2D eigenvalue weighted by molar-refractivity contribution is 0.0224. The summed E-state index contributed by atoms with van der Waals surface area (Å²) in [5.41, 5.74) is 1.70. The van der Waals surface area contributed by atoms with E-state index in [4.69, 9.17) is 21.7 Å². The minimum absolute atomic E-state index is 0.0174. The predicted molar refractivity (Wildman–Crippen MR) is 119 cm³/mol. The molecule has 0 bridgehead atoms. The molecule has 1 spiro atoms. The topological polar surface area (TPSA) is 88.0 Å². The summed E-state index contributed by atoms with van der Waals surface area (Å²) < 4.78 is 12.0. The second-order valence-electron chi connectivity index (χ2n) is 7.94. The lowest BCUT2D eigenvalue weighted by Crippen LogP contribution is -2.32. The number of phenols is 2. The predicted octanol–water partition coefficient (Wildman–Crippen LogP) is 5.06. The highest BCUT2D eigenvalue weighted by Gasteiger charge is 2.53. The van der Waals surface area contributed by atoms with E-state index in [0.29, 0.717) is 44.4 Å². The van der Waals surface area contributed by atoms with Crippen LogP contribution >= 0.6 is 12.2 Å². The SMILES string of the molecule is CC(C)C(=S)Nc1ccc2c(c1)C(=O)OC21c2ccc(O)cc2Oc2cc(O)ccc21. The average Bonchev–Trinajstić information content (AvgIpc) is 3.00. The number of nitrogens with one attached hydrogen (secondary N) is 1. The van der Waals surface area contributed by atoms with Crippen LogP contribution in [0.25, 0.3) is 0 Å². The molecule has 0 saturated heterocycles. The van der Waals surface area contributed by atoms with Crippen LogP contribution in [0.1, 0.15) is 40.9 Å². The van der Waals surface area contributed by atoms with Crippen LogP contribution in [-0.2, 0) is 10.3 Å². The normalized spacial score (nSPS) is 15.0. The highest BCUT2D eigenvalue weighted by molar-refractivity contribution is 7.80. The highest BCUT2D eigenvalue weighted by atomic mass is 32.1. The molecule has 2 aliphatic heterocycles. The summed E-state index contributed by atoms with van der Waals surface area (Å²) in [6, 6.07) is 14.8. The molecular weight excluding hydrogens is 414 g/mol. The Hall–Kier alpha value is -3.58. The number of esters is 1. The average molecular weight is 433 g/mol. The van der Waals surface area contributed by atoms with Gasteiger partial charge in [-0.05, 0) is 36.4 Å². The third-order valence-corrected chi connectivity index (χ3v) is 6.14. The van der Waals surface area contributed by atoms with Gasteiger partial charge in [-0.25, -0.2) is 4.79 Å². The molecule has 0 unspecified atom stereocenters. The van der Waals surface area contributed by atoms with E-state index in [-0.39, 0.29) is 17.4 Å². The third-order valence-electron chi connectivity index (χ3n) is 5.57. The van der Waals surface area contributed by atoms with Gasteiger partial charge in [-0.3, -0.25) is 0 Å². The number of fused-ring (bicyclic) bond motifs is 6. The Kier molecular flexibility index (Phi) is 4.20. The van der Waals surface area contributed by atoms with Gasteiger partial charge in [0.1, 0.15) is 23.0 Å². The van der Waals surface area contributed by atoms with E-state index in [1.807, 2.05) is 26.0 Å². The molecule has 0 aromatic heterocycles. The van der Waals surface area contributed by atoms with Crippen molar-refractivity contribution in [3.63, 3.8) is 0 Å². The number of carbonyl (C=O) groups is 1. The number of carbonyl (C=O) groups excluding carboxylic acids is 1. The fraction of sp³-hybridized carbons (Fsp3) is 0.167. The second kappa shape index (κ2) is 6.72. The zero-order valence-electron chi connectivity index (χ0n) is 16.8. The van der Waals surface area contributed by atoms with Gasteiger partial charge in [0.05, 0.1) is 10.6 Å². The van der Waals surface area contributed by atoms with Crippen LogP contribution in [-0.4, -0.2) is 21.2 Å². The molecule has 3 N–H and O–H groups in total. The number of hydrogen-bond acceptors (Lipinski definition) is 6. The Labute approximate surface area is 184 Å². The molecule has 0 amide bonds.